The minimum absolute atomic E-state index is 0.00717. The molecular weight excluding hydrogens is 490 g/mol. The zero-order valence-electron chi connectivity index (χ0n) is 21.8. The number of rotatable bonds is 9. The maximum absolute atomic E-state index is 12.9. The minimum Gasteiger partial charge on any atom is -0.395 e. The molecule has 2 aromatic rings. The van der Waals surface area contributed by atoms with Crippen molar-refractivity contribution in [3.63, 3.8) is 0 Å². The van der Waals surface area contributed by atoms with Crippen molar-refractivity contribution >= 4 is 15.9 Å². The van der Waals surface area contributed by atoms with Crippen LogP contribution in [0, 0.1) is 5.92 Å². The lowest BCUT2D eigenvalue weighted by molar-refractivity contribution is 0.115. The number of hydrazine groups is 1. The van der Waals surface area contributed by atoms with Gasteiger partial charge in [-0.25, -0.2) is 24.9 Å². The average Bonchev–Trinajstić information content (AvgIpc) is 2.87. The molecule has 37 heavy (non-hydrogen) atoms. The first kappa shape index (κ1) is 29.0. The maximum atomic E-state index is 12.9. The molecule has 0 atom stereocenters. The number of piperidine rings is 1. The molecule has 2 aromatic carbocycles. The lowest BCUT2D eigenvalue weighted by Crippen LogP contribution is -2.46. The first-order chi connectivity index (χ1) is 17.8. The number of benzene rings is 2. The molecule has 10 nitrogen and oxygen atoms in total. The molecule has 0 bridgehead atoms. The van der Waals surface area contributed by atoms with Gasteiger partial charge in [0.2, 0.25) is 10.0 Å². The van der Waals surface area contributed by atoms with Crippen molar-refractivity contribution < 1.29 is 13.5 Å². The molecule has 0 unspecified atom stereocenters. The molecule has 0 aliphatic carbocycles. The predicted molar refractivity (Wildman–Crippen MR) is 148 cm³/mol. The summed E-state index contributed by atoms with van der Waals surface area (Å²) in [5, 5.41) is 22.1. The molecule has 11 heteroatoms. The second-order valence-electron chi connectivity index (χ2n) is 9.35. The molecule has 2 heterocycles. The van der Waals surface area contributed by atoms with Crippen LogP contribution in [-0.2, 0) is 16.4 Å². The Balaban J connectivity index is 0.00000186. The van der Waals surface area contributed by atoms with Crippen molar-refractivity contribution in [1.29, 1.82) is 0 Å². The molecule has 0 spiro atoms. The monoisotopic (exact) mass is 531 g/mol. The van der Waals surface area contributed by atoms with Gasteiger partial charge in [-0.3, -0.25) is 4.90 Å². The molecule has 0 amide bonds. The zero-order valence-corrected chi connectivity index (χ0v) is 22.6. The van der Waals surface area contributed by atoms with Gasteiger partial charge < -0.3 is 16.2 Å². The Bertz CT molecular complexity index is 1160. The maximum Gasteiger partial charge on any atom is 0.239 e. The second-order valence-corrected chi connectivity index (χ2v) is 10.8. The topological polar surface area (TPSA) is 172 Å². The molecule has 2 aliphatic rings. The average molecular weight is 532 g/mol. The number of β-amino-alcohol motifs (C(OH)–C–C–N with tert-alkyl or cyclic N) is 1. The third-order valence-corrected chi connectivity index (χ3v) is 8.03. The number of nitrogens with two attached hydrogens (primary N) is 3. The minimum atomic E-state index is -4.11. The number of nitrogens with one attached hydrogen (secondary N) is 2. The molecule has 2 saturated heterocycles. The summed E-state index contributed by atoms with van der Waals surface area (Å²) in [6.07, 6.45) is 2.52. The highest BCUT2D eigenvalue weighted by Crippen LogP contribution is 2.35. The van der Waals surface area contributed by atoms with E-state index in [9.17, 15) is 8.42 Å². The normalized spacial score (nSPS) is 17.6. The van der Waals surface area contributed by atoms with Crippen LogP contribution in [0.3, 0.4) is 0 Å². The van der Waals surface area contributed by atoms with E-state index >= 15 is 0 Å². The summed E-state index contributed by atoms with van der Waals surface area (Å²) in [5.74, 6) is 6.11. The summed E-state index contributed by atoms with van der Waals surface area (Å²) < 4.78 is 25.7. The van der Waals surface area contributed by atoms with Crippen LogP contribution in [0.4, 0.5) is 0 Å². The number of primary sulfonamides is 1. The third kappa shape index (κ3) is 7.07. The summed E-state index contributed by atoms with van der Waals surface area (Å²) in [5.41, 5.74) is 12.0. The Morgan fingerprint density at radius 1 is 1.14 bits per heavy atom. The van der Waals surface area contributed by atoms with Gasteiger partial charge in [-0.15, -0.1) is 5.10 Å². The predicted octanol–water partition coefficient (Wildman–Crippen LogP) is 1.04. The first-order valence-electron chi connectivity index (χ1n) is 12.9. The second kappa shape index (κ2) is 13.3. The van der Waals surface area contributed by atoms with Crippen LogP contribution < -0.4 is 27.6 Å². The van der Waals surface area contributed by atoms with Crippen molar-refractivity contribution in [2.24, 2.45) is 27.7 Å². The Morgan fingerprint density at radius 3 is 2.35 bits per heavy atom. The van der Waals surface area contributed by atoms with E-state index in [1.54, 1.807) is 0 Å². The van der Waals surface area contributed by atoms with Gasteiger partial charge in [0.1, 0.15) is 0 Å². The number of nitrogens with zero attached hydrogens (tertiary/aromatic N) is 2. The van der Waals surface area contributed by atoms with E-state index in [1.165, 1.54) is 5.56 Å². The van der Waals surface area contributed by atoms with Crippen LogP contribution >= 0.6 is 0 Å². The van der Waals surface area contributed by atoms with Gasteiger partial charge in [-0.1, -0.05) is 50.2 Å². The molecule has 0 radical (unpaired) electrons. The molecule has 204 valence electrons. The number of aliphatic hydroxyl groups excluding tert-OH is 1. The molecule has 0 aromatic heterocycles. The fourth-order valence-electron chi connectivity index (χ4n) is 5.17. The number of likely N-dealkylation sites (tertiary alicyclic amines) is 1. The van der Waals surface area contributed by atoms with Gasteiger partial charge in [0.15, 0.2) is 5.84 Å². The van der Waals surface area contributed by atoms with Crippen molar-refractivity contribution in [3.05, 3.63) is 53.1 Å². The van der Waals surface area contributed by atoms with E-state index in [-0.39, 0.29) is 22.9 Å². The Hall–Kier alpha value is -2.54. The number of amidine groups is 1. The SMILES string of the molecule is CC.NN/N=C(\N)c1c(-c2ccc(C3CN(CCO)C3)cc2)ccc(CC2CCNCC2)c1S(N)(=O)=O. The van der Waals surface area contributed by atoms with E-state index in [2.05, 4.69) is 20.9 Å². The highest BCUT2D eigenvalue weighted by atomic mass is 32.2. The largest absolute Gasteiger partial charge is 0.395 e. The summed E-state index contributed by atoms with van der Waals surface area (Å²) in [4.78, 5) is 2.21. The molecule has 0 saturated carbocycles. The van der Waals surface area contributed by atoms with Crippen molar-refractivity contribution in [1.82, 2.24) is 15.8 Å². The third-order valence-electron chi connectivity index (χ3n) is 7.00. The smallest absolute Gasteiger partial charge is 0.239 e. The van der Waals surface area contributed by atoms with Gasteiger partial charge in [-0.05, 0) is 60.5 Å². The fraction of sp³-hybridized carbons (Fsp3) is 0.500. The van der Waals surface area contributed by atoms with Crippen LogP contribution in [0.1, 0.15) is 49.3 Å². The van der Waals surface area contributed by atoms with Crippen LogP contribution in [0.25, 0.3) is 11.1 Å². The van der Waals surface area contributed by atoms with Crippen LogP contribution in [0.5, 0.6) is 0 Å². The molecule has 4 rings (SSSR count). The van der Waals surface area contributed by atoms with Gasteiger partial charge in [0.25, 0.3) is 0 Å². The van der Waals surface area contributed by atoms with Crippen LogP contribution in [-0.4, -0.2) is 63.6 Å². The Morgan fingerprint density at radius 2 is 1.78 bits per heavy atom. The van der Waals surface area contributed by atoms with Crippen molar-refractivity contribution in [3.8, 4) is 11.1 Å². The molecule has 2 aliphatic heterocycles. The Labute approximate surface area is 220 Å². The molecule has 9 N–H and O–H groups in total. The number of hydrogen-bond donors (Lipinski definition) is 6. The van der Waals surface area contributed by atoms with E-state index in [0.717, 1.165) is 44.6 Å². The zero-order chi connectivity index (χ0) is 27.0. The van der Waals surface area contributed by atoms with Crippen LogP contribution in [0.2, 0.25) is 0 Å². The molecular formula is C26H41N7O3S. The van der Waals surface area contributed by atoms with Gasteiger partial charge in [0.05, 0.1) is 11.5 Å². The first-order valence-corrected chi connectivity index (χ1v) is 14.5. The van der Waals surface area contributed by atoms with Gasteiger partial charge in [-0.2, -0.15) is 0 Å². The lowest BCUT2D eigenvalue weighted by Gasteiger charge is -2.39. The fourth-order valence-corrected chi connectivity index (χ4v) is 6.18. The molecule has 2 fully saturated rings. The van der Waals surface area contributed by atoms with Gasteiger partial charge in [0, 0.05) is 31.1 Å². The van der Waals surface area contributed by atoms with Crippen molar-refractivity contribution in [2.45, 2.75) is 43.9 Å². The Kier molecular flexibility index (Phi) is 10.4. The number of hydrazone groups is 1. The number of sulfonamides is 1. The highest BCUT2D eigenvalue weighted by molar-refractivity contribution is 7.89. The van der Waals surface area contributed by atoms with Crippen LogP contribution in [0.15, 0.2) is 46.4 Å². The highest BCUT2D eigenvalue weighted by Gasteiger charge is 2.29. The van der Waals surface area contributed by atoms with E-state index in [1.807, 2.05) is 50.2 Å². The quantitative estimate of drug-likeness (QED) is 0.121. The number of aliphatic hydroxyl groups is 1. The van der Waals surface area contributed by atoms with E-state index in [4.69, 9.17) is 21.8 Å². The van der Waals surface area contributed by atoms with E-state index in [0.29, 0.717) is 35.9 Å². The summed E-state index contributed by atoms with van der Waals surface area (Å²) >= 11 is 0. The van der Waals surface area contributed by atoms with Crippen molar-refractivity contribution in [2.75, 3.05) is 39.3 Å². The summed E-state index contributed by atoms with van der Waals surface area (Å²) in [7, 11) is -4.11. The lowest BCUT2D eigenvalue weighted by atomic mass is 9.87. The number of hydrogen-bond acceptors (Lipinski definition) is 8. The standard InChI is InChI=1S/C24H35N7O3S.C2H6/c25-24(29-30-26)22-21(18-3-1-17(2-4-18)20-14-31(15-20)11-12-32)6-5-19(23(22)35(27,33)34)13-16-7-9-28-10-8-16;1-2/h1-6,16,20,28,30,32H,7-15,26H2,(H2,25,29)(H2,27,33,34);1-2H3. The van der Waals surface area contributed by atoms with Gasteiger partial charge >= 0.3 is 0 Å². The summed E-state index contributed by atoms with van der Waals surface area (Å²) in [6.45, 7) is 8.49. The van der Waals surface area contributed by atoms with E-state index < -0.39 is 10.0 Å². The summed E-state index contributed by atoms with van der Waals surface area (Å²) in [6, 6.07) is 11.8.